The molecule has 0 atom stereocenters. The fraction of sp³-hybridized carbons (Fsp3) is 0. The van der Waals surface area contributed by atoms with Gasteiger partial charge in [0.05, 0.1) is 5.02 Å². The number of aromatic nitrogens is 2. The number of nitrogens with two attached hydrogens (primary N) is 1. The van der Waals surface area contributed by atoms with Crippen molar-refractivity contribution in [3.63, 3.8) is 0 Å². The molecule has 0 amide bonds. The van der Waals surface area contributed by atoms with Gasteiger partial charge in [-0.3, -0.25) is 0 Å². The normalized spacial score (nSPS) is 10.4. The highest BCUT2D eigenvalue weighted by Crippen LogP contribution is 2.29. The van der Waals surface area contributed by atoms with E-state index in [-0.39, 0.29) is 11.8 Å². The second kappa shape index (κ2) is 3.51. The average Bonchev–Trinajstić information content (AvgIpc) is 2.51. The lowest BCUT2D eigenvalue weighted by Crippen LogP contribution is -1.86. The third-order valence-electron chi connectivity index (χ3n) is 1.60. The van der Waals surface area contributed by atoms with Crippen LogP contribution in [0.5, 0.6) is 0 Å². The molecule has 1 heterocycles. The van der Waals surface area contributed by atoms with Crippen LogP contribution >= 0.6 is 23.1 Å². The predicted molar refractivity (Wildman–Crippen MR) is 54.7 cm³/mol. The van der Waals surface area contributed by atoms with Crippen LogP contribution < -0.4 is 5.73 Å². The van der Waals surface area contributed by atoms with Gasteiger partial charge in [-0.05, 0) is 29.7 Å². The molecule has 1 aromatic carbocycles. The Bertz CT molecular complexity index is 471. The van der Waals surface area contributed by atoms with Crippen LogP contribution in [0, 0.1) is 5.82 Å². The molecule has 0 aliphatic heterocycles. The molecular weight excluding hydrogens is 225 g/mol. The molecule has 0 saturated heterocycles. The van der Waals surface area contributed by atoms with E-state index in [1.54, 1.807) is 6.07 Å². The molecule has 3 nitrogen and oxygen atoms in total. The maximum atomic E-state index is 12.7. The van der Waals surface area contributed by atoms with Gasteiger partial charge < -0.3 is 5.73 Å². The van der Waals surface area contributed by atoms with Crippen LogP contribution in [0.4, 0.5) is 10.3 Å². The van der Waals surface area contributed by atoms with Crippen LogP contribution in [0.25, 0.3) is 10.6 Å². The summed E-state index contributed by atoms with van der Waals surface area (Å²) >= 11 is 6.96. The van der Waals surface area contributed by atoms with Crippen molar-refractivity contribution in [2.45, 2.75) is 0 Å². The summed E-state index contributed by atoms with van der Waals surface area (Å²) in [5.41, 5.74) is 6.01. The second-order valence-electron chi connectivity index (χ2n) is 2.58. The van der Waals surface area contributed by atoms with Gasteiger partial charge in [0.1, 0.15) is 10.8 Å². The smallest absolute Gasteiger partial charge is 0.232 e. The number of anilines is 1. The molecule has 0 bridgehead atoms. The Morgan fingerprint density at radius 3 is 2.79 bits per heavy atom. The van der Waals surface area contributed by atoms with Gasteiger partial charge >= 0.3 is 0 Å². The molecule has 0 unspecified atom stereocenters. The maximum absolute atomic E-state index is 12.7. The standard InChI is InChI=1S/C8H5ClFN3S/c9-6-3-4(10)1-2-5(6)7-12-8(11)13-14-7/h1-3H,(H2,11,13). The number of benzene rings is 1. The van der Waals surface area contributed by atoms with Crippen molar-refractivity contribution in [2.75, 3.05) is 5.73 Å². The Morgan fingerprint density at radius 2 is 2.21 bits per heavy atom. The van der Waals surface area contributed by atoms with Gasteiger partial charge in [-0.2, -0.15) is 9.36 Å². The molecule has 2 rings (SSSR count). The van der Waals surface area contributed by atoms with Crippen molar-refractivity contribution in [3.8, 4) is 10.6 Å². The van der Waals surface area contributed by atoms with Crippen LogP contribution in [0.1, 0.15) is 0 Å². The minimum absolute atomic E-state index is 0.199. The minimum Gasteiger partial charge on any atom is -0.367 e. The van der Waals surface area contributed by atoms with E-state index in [0.29, 0.717) is 15.6 Å². The fourth-order valence-corrected chi connectivity index (χ4v) is 1.95. The number of nitrogen functional groups attached to an aromatic ring is 1. The first-order valence-electron chi connectivity index (χ1n) is 3.71. The monoisotopic (exact) mass is 229 g/mol. The molecule has 0 fully saturated rings. The lowest BCUT2D eigenvalue weighted by Gasteiger charge is -1.98. The van der Waals surface area contributed by atoms with Crippen LogP contribution in [0.15, 0.2) is 18.2 Å². The zero-order chi connectivity index (χ0) is 10.1. The molecule has 2 N–H and O–H groups in total. The Labute approximate surface area is 88.5 Å². The summed E-state index contributed by atoms with van der Waals surface area (Å²) in [6.07, 6.45) is 0. The Balaban J connectivity index is 2.52. The van der Waals surface area contributed by atoms with Crippen LogP contribution in [-0.4, -0.2) is 9.36 Å². The molecule has 2 aromatic rings. The van der Waals surface area contributed by atoms with Crippen molar-refractivity contribution < 1.29 is 4.39 Å². The van der Waals surface area contributed by atoms with E-state index in [2.05, 4.69) is 9.36 Å². The van der Waals surface area contributed by atoms with Crippen molar-refractivity contribution in [2.24, 2.45) is 0 Å². The molecule has 0 aliphatic rings. The van der Waals surface area contributed by atoms with Crippen LogP contribution in [-0.2, 0) is 0 Å². The van der Waals surface area contributed by atoms with Crippen molar-refractivity contribution in [1.29, 1.82) is 0 Å². The van der Waals surface area contributed by atoms with Gasteiger partial charge in [-0.1, -0.05) is 11.6 Å². The summed E-state index contributed by atoms with van der Waals surface area (Å²) in [5.74, 6) is -0.179. The SMILES string of the molecule is Nc1nsc(-c2ccc(F)cc2Cl)n1. The lowest BCUT2D eigenvalue weighted by atomic mass is 10.2. The van der Waals surface area contributed by atoms with Crippen LogP contribution in [0.2, 0.25) is 5.02 Å². The highest BCUT2D eigenvalue weighted by Gasteiger charge is 2.08. The largest absolute Gasteiger partial charge is 0.367 e. The lowest BCUT2D eigenvalue weighted by molar-refractivity contribution is 0.628. The van der Waals surface area contributed by atoms with E-state index >= 15 is 0 Å². The summed E-state index contributed by atoms with van der Waals surface area (Å²) in [5, 5.41) is 0.897. The zero-order valence-corrected chi connectivity index (χ0v) is 8.44. The Hall–Kier alpha value is -1.20. The van der Waals surface area contributed by atoms with E-state index in [9.17, 15) is 4.39 Å². The van der Waals surface area contributed by atoms with Crippen molar-refractivity contribution in [1.82, 2.24) is 9.36 Å². The summed E-state index contributed by atoms with van der Waals surface area (Å²) in [6.45, 7) is 0. The molecule has 14 heavy (non-hydrogen) atoms. The zero-order valence-electron chi connectivity index (χ0n) is 6.87. The number of halogens is 2. The first-order valence-corrected chi connectivity index (χ1v) is 4.86. The first-order chi connectivity index (χ1) is 6.66. The number of nitrogens with zero attached hydrogens (tertiary/aromatic N) is 2. The maximum Gasteiger partial charge on any atom is 0.232 e. The van der Waals surface area contributed by atoms with Gasteiger partial charge in [0.25, 0.3) is 0 Å². The molecule has 72 valence electrons. The third-order valence-corrected chi connectivity index (χ3v) is 2.68. The van der Waals surface area contributed by atoms with Gasteiger partial charge in [0.15, 0.2) is 0 Å². The van der Waals surface area contributed by atoms with E-state index < -0.39 is 0 Å². The number of hydrogen-bond acceptors (Lipinski definition) is 4. The highest BCUT2D eigenvalue weighted by molar-refractivity contribution is 7.09. The molecule has 0 spiro atoms. The van der Waals surface area contributed by atoms with Crippen molar-refractivity contribution >= 4 is 29.1 Å². The quantitative estimate of drug-likeness (QED) is 0.818. The molecule has 0 aliphatic carbocycles. The van der Waals surface area contributed by atoms with E-state index in [0.717, 1.165) is 11.5 Å². The number of rotatable bonds is 1. The van der Waals surface area contributed by atoms with Crippen LogP contribution in [0.3, 0.4) is 0 Å². The van der Waals surface area contributed by atoms with Crippen molar-refractivity contribution in [3.05, 3.63) is 29.0 Å². The van der Waals surface area contributed by atoms with Gasteiger partial charge in [-0.15, -0.1) is 0 Å². The minimum atomic E-state index is -0.378. The Kier molecular flexibility index (Phi) is 2.35. The summed E-state index contributed by atoms with van der Waals surface area (Å²) in [4.78, 5) is 3.95. The molecule has 1 aromatic heterocycles. The first kappa shape index (κ1) is 9.36. The summed E-state index contributed by atoms with van der Waals surface area (Å²) < 4.78 is 16.5. The van der Waals surface area contributed by atoms with E-state index in [4.69, 9.17) is 17.3 Å². The molecule has 0 radical (unpaired) electrons. The van der Waals surface area contributed by atoms with Gasteiger partial charge in [0.2, 0.25) is 5.95 Å². The van der Waals surface area contributed by atoms with E-state index in [1.165, 1.54) is 12.1 Å². The van der Waals surface area contributed by atoms with Gasteiger partial charge in [-0.25, -0.2) is 4.39 Å². The summed E-state index contributed by atoms with van der Waals surface area (Å²) in [7, 11) is 0. The number of hydrogen-bond donors (Lipinski definition) is 1. The average molecular weight is 230 g/mol. The highest BCUT2D eigenvalue weighted by atomic mass is 35.5. The topological polar surface area (TPSA) is 51.8 Å². The molecular formula is C8H5ClFN3S. The second-order valence-corrected chi connectivity index (χ2v) is 3.74. The van der Waals surface area contributed by atoms with Gasteiger partial charge in [0, 0.05) is 5.56 Å². The predicted octanol–water partition coefficient (Wildman–Crippen LogP) is 2.58. The Morgan fingerprint density at radius 1 is 1.43 bits per heavy atom. The van der Waals surface area contributed by atoms with E-state index in [1.807, 2.05) is 0 Å². The molecule has 6 heteroatoms. The molecule has 0 saturated carbocycles. The summed E-state index contributed by atoms with van der Waals surface area (Å²) in [6, 6.07) is 4.10. The third kappa shape index (κ3) is 1.69. The fourth-order valence-electron chi connectivity index (χ4n) is 1.01.